The van der Waals surface area contributed by atoms with Crippen LogP contribution in [-0.4, -0.2) is 23.4 Å². The second kappa shape index (κ2) is 10.8. The number of carbonyl (C=O) groups is 3. The van der Waals surface area contributed by atoms with Gasteiger partial charge in [0.1, 0.15) is 5.82 Å². The van der Waals surface area contributed by atoms with Crippen LogP contribution < -0.4 is 10.6 Å². The zero-order valence-corrected chi connectivity index (χ0v) is 19.3. The minimum absolute atomic E-state index is 0.0605. The molecule has 0 unspecified atom stereocenters. The largest absolute Gasteiger partial charge is 0.325 e. The van der Waals surface area contributed by atoms with Gasteiger partial charge in [-0.3, -0.25) is 14.4 Å². The molecule has 2 amide bonds. The number of rotatable bonds is 7. The number of anilines is 1. The first kappa shape index (κ1) is 23.9. The van der Waals surface area contributed by atoms with Crippen molar-refractivity contribution < 1.29 is 18.8 Å². The molecular formula is C27H20FN3O3S. The van der Waals surface area contributed by atoms with E-state index in [9.17, 15) is 24.0 Å². The van der Waals surface area contributed by atoms with E-state index in [-0.39, 0.29) is 40.0 Å². The number of nitrogens with one attached hydrogen (secondary N) is 2. The van der Waals surface area contributed by atoms with Crippen molar-refractivity contribution in [3.05, 3.63) is 112 Å². The van der Waals surface area contributed by atoms with Crippen molar-refractivity contribution in [2.45, 2.75) is 12.3 Å². The zero-order chi connectivity index (χ0) is 24.8. The SMILES string of the molecule is N#CC1=C(SCC(=O)Nc2ccccc2C(=O)c2ccccc2)NC(=O)C[C@H]1c1ccccc1F. The van der Waals surface area contributed by atoms with Gasteiger partial charge in [0.25, 0.3) is 0 Å². The topological polar surface area (TPSA) is 99.1 Å². The van der Waals surface area contributed by atoms with Crippen LogP contribution in [0, 0.1) is 17.1 Å². The molecule has 0 bridgehead atoms. The maximum atomic E-state index is 14.4. The highest BCUT2D eigenvalue weighted by Gasteiger charge is 2.31. The Morgan fingerprint density at radius 1 is 1.03 bits per heavy atom. The lowest BCUT2D eigenvalue weighted by atomic mass is 9.87. The lowest BCUT2D eigenvalue weighted by molar-refractivity contribution is -0.121. The maximum absolute atomic E-state index is 14.4. The number of hydrogen-bond acceptors (Lipinski definition) is 5. The number of halogens is 1. The van der Waals surface area contributed by atoms with Crippen LogP contribution in [0.15, 0.2) is 89.5 Å². The highest BCUT2D eigenvalue weighted by molar-refractivity contribution is 8.03. The van der Waals surface area contributed by atoms with Gasteiger partial charge in [-0.05, 0) is 23.8 Å². The van der Waals surface area contributed by atoms with Crippen LogP contribution in [0.5, 0.6) is 0 Å². The van der Waals surface area contributed by atoms with Gasteiger partial charge < -0.3 is 10.6 Å². The molecule has 1 heterocycles. The Kier molecular flexibility index (Phi) is 7.38. The molecular weight excluding hydrogens is 465 g/mol. The molecule has 1 atom stereocenters. The lowest BCUT2D eigenvalue weighted by Gasteiger charge is -2.25. The van der Waals surface area contributed by atoms with Crippen LogP contribution in [0.2, 0.25) is 0 Å². The van der Waals surface area contributed by atoms with Crippen molar-refractivity contribution in [1.29, 1.82) is 5.26 Å². The van der Waals surface area contributed by atoms with E-state index < -0.39 is 17.6 Å². The number of para-hydroxylation sites is 1. The standard InChI is InChI=1S/C27H20FN3O3S/c28-22-12-6-4-10-18(22)20-14-24(32)31-27(21(20)15-29)35-16-25(33)30-23-13-7-5-11-19(23)26(34)17-8-2-1-3-9-17/h1-13,20H,14,16H2,(H,30,33)(H,31,32)/t20-/m0/s1. The first-order valence-corrected chi connectivity index (χ1v) is 11.8. The van der Waals surface area contributed by atoms with Crippen LogP contribution in [-0.2, 0) is 9.59 Å². The minimum atomic E-state index is -0.732. The van der Waals surface area contributed by atoms with E-state index in [2.05, 4.69) is 16.7 Å². The normalized spacial score (nSPS) is 15.2. The Bertz CT molecular complexity index is 1370. The molecule has 3 aromatic carbocycles. The van der Waals surface area contributed by atoms with E-state index in [0.29, 0.717) is 16.8 Å². The number of nitriles is 1. The summed E-state index contributed by atoms with van der Waals surface area (Å²) in [5.74, 6) is -2.37. The average molecular weight is 486 g/mol. The third-order valence-electron chi connectivity index (χ3n) is 5.47. The summed E-state index contributed by atoms with van der Waals surface area (Å²) in [6.45, 7) is 0. The summed E-state index contributed by atoms with van der Waals surface area (Å²) in [7, 11) is 0. The molecule has 0 radical (unpaired) electrons. The fraction of sp³-hybridized carbons (Fsp3) is 0.111. The monoisotopic (exact) mass is 485 g/mol. The summed E-state index contributed by atoms with van der Waals surface area (Å²) in [4.78, 5) is 37.9. The quantitative estimate of drug-likeness (QED) is 0.470. The number of hydrogen-bond donors (Lipinski definition) is 2. The van der Waals surface area contributed by atoms with E-state index in [1.54, 1.807) is 60.7 Å². The summed E-state index contributed by atoms with van der Waals surface area (Å²) in [5.41, 5.74) is 1.66. The van der Waals surface area contributed by atoms with Gasteiger partial charge in [-0.25, -0.2) is 4.39 Å². The van der Waals surface area contributed by atoms with Crippen LogP contribution in [0.4, 0.5) is 10.1 Å². The van der Waals surface area contributed by atoms with Gasteiger partial charge in [0.05, 0.1) is 28.1 Å². The number of thioether (sulfide) groups is 1. The Morgan fingerprint density at radius 3 is 2.46 bits per heavy atom. The second-order valence-electron chi connectivity index (χ2n) is 7.76. The van der Waals surface area contributed by atoms with Crippen molar-refractivity contribution in [1.82, 2.24) is 5.32 Å². The van der Waals surface area contributed by atoms with E-state index in [1.165, 1.54) is 12.1 Å². The fourth-order valence-corrected chi connectivity index (χ4v) is 4.69. The molecule has 1 aliphatic heterocycles. The first-order chi connectivity index (χ1) is 17.0. The van der Waals surface area contributed by atoms with E-state index in [0.717, 1.165) is 11.8 Å². The molecule has 0 spiro atoms. The molecule has 8 heteroatoms. The second-order valence-corrected chi connectivity index (χ2v) is 8.74. The predicted octanol–water partition coefficient (Wildman–Crippen LogP) is 4.77. The number of benzene rings is 3. The number of carbonyl (C=O) groups excluding carboxylic acids is 3. The van der Waals surface area contributed by atoms with Gasteiger partial charge in [-0.2, -0.15) is 5.26 Å². The van der Waals surface area contributed by atoms with Crippen LogP contribution >= 0.6 is 11.8 Å². The van der Waals surface area contributed by atoms with E-state index in [1.807, 2.05) is 6.07 Å². The third kappa shape index (κ3) is 5.48. The summed E-state index contributed by atoms with van der Waals surface area (Å²) in [5, 5.41) is 15.3. The molecule has 0 aliphatic carbocycles. The van der Waals surface area contributed by atoms with Crippen molar-refractivity contribution in [2.24, 2.45) is 0 Å². The Morgan fingerprint density at radius 2 is 1.71 bits per heavy atom. The number of ketones is 1. The van der Waals surface area contributed by atoms with Crippen molar-refractivity contribution in [2.75, 3.05) is 11.1 Å². The lowest BCUT2D eigenvalue weighted by Crippen LogP contribution is -2.31. The van der Waals surface area contributed by atoms with Gasteiger partial charge in [0.15, 0.2) is 5.78 Å². The molecule has 1 aliphatic rings. The Balaban J connectivity index is 1.51. The molecule has 4 rings (SSSR count). The van der Waals surface area contributed by atoms with Gasteiger partial charge in [-0.1, -0.05) is 72.4 Å². The molecule has 0 saturated heterocycles. The van der Waals surface area contributed by atoms with E-state index >= 15 is 0 Å². The minimum Gasteiger partial charge on any atom is -0.325 e. The molecule has 0 fully saturated rings. The smallest absolute Gasteiger partial charge is 0.234 e. The van der Waals surface area contributed by atoms with Crippen LogP contribution in [0.3, 0.4) is 0 Å². The number of allylic oxidation sites excluding steroid dienone is 1. The molecule has 174 valence electrons. The molecule has 35 heavy (non-hydrogen) atoms. The molecule has 6 nitrogen and oxygen atoms in total. The van der Waals surface area contributed by atoms with Crippen molar-refractivity contribution in [3.63, 3.8) is 0 Å². The average Bonchev–Trinajstić information content (AvgIpc) is 2.88. The van der Waals surface area contributed by atoms with Crippen molar-refractivity contribution in [3.8, 4) is 6.07 Å². The van der Waals surface area contributed by atoms with Crippen LogP contribution in [0.1, 0.15) is 33.8 Å². The van der Waals surface area contributed by atoms with Gasteiger partial charge in [-0.15, -0.1) is 0 Å². The zero-order valence-electron chi connectivity index (χ0n) is 18.5. The van der Waals surface area contributed by atoms with Crippen molar-refractivity contribution >= 4 is 35.0 Å². The van der Waals surface area contributed by atoms with Gasteiger partial charge in [0.2, 0.25) is 11.8 Å². The molecule has 0 aromatic heterocycles. The van der Waals surface area contributed by atoms with Gasteiger partial charge >= 0.3 is 0 Å². The first-order valence-electron chi connectivity index (χ1n) is 10.8. The molecule has 3 aromatic rings. The van der Waals surface area contributed by atoms with E-state index in [4.69, 9.17) is 0 Å². The highest BCUT2D eigenvalue weighted by atomic mass is 32.2. The van der Waals surface area contributed by atoms with Gasteiger partial charge in [0, 0.05) is 23.5 Å². The Hall–Kier alpha value is -4.22. The number of nitrogens with zero attached hydrogens (tertiary/aromatic N) is 1. The Labute approximate surface area is 205 Å². The fourth-order valence-electron chi connectivity index (χ4n) is 3.82. The summed E-state index contributed by atoms with van der Waals surface area (Å²) >= 11 is 0.982. The summed E-state index contributed by atoms with van der Waals surface area (Å²) in [6, 6.07) is 23.5. The molecule has 0 saturated carbocycles. The summed E-state index contributed by atoms with van der Waals surface area (Å²) in [6.07, 6.45) is -0.0605. The highest BCUT2D eigenvalue weighted by Crippen LogP contribution is 2.37. The third-order valence-corrected chi connectivity index (χ3v) is 6.48. The maximum Gasteiger partial charge on any atom is 0.234 e. The summed E-state index contributed by atoms with van der Waals surface area (Å²) < 4.78 is 14.4. The number of amides is 2. The molecule has 2 N–H and O–H groups in total. The predicted molar refractivity (Wildman–Crippen MR) is 132 cm³/mol. The van der Waals surface area contributed by atoms with Crippen LogP contribution in [0.25, 0.3) is 0 Å².